The summed E-state index contributed by atoms with van der Waals surface area (Å²) >= 11 is 1.73. The van der Waals surface area contributed by atoms with Gasteiger partial charge in [-0.1, -0.05) is 0 Å². The minimum absolute atomic E-state index is 0.612. The number of hydrogen-bond donors (Lipinski definition) is 0. The topological polar surface area (TPSA) is 60.8 Å². The van der Waals surface area contributed by atoms with Gasteiger partial charge in [0.2, 0.25) is 11.9 Å². The third-order valence-corrected chi connectivity index (χ3v) is 6.22. The molecule has 28 heavy (non-hydrogen) atoms. The molecule has 2 saturated heterocycles. The molecule has 0 N–H and O–H groups in total. The van der Waals surface area contributed by atoms with Crippen molar-refractivity contribution in [2.24, 2.45) is 5.10 Å². The maximum absolute atomic E-state index is 4.84. The molecule has 2 fully saturated rings. The molecule has 0 unspecified atom stereocenters. The van der Waals surface area contributed by atoms with Crippen molar-refractivity contribution < 1.29 is 0 Å². The van der Waals surface area contributed by atoms with Gasteiger partial charge in [0, 0.05) is 43.0 Å². The van der Waals surface area contributed by atoms with Crippen LogP contribution in [0.1, 0.15) is 48.3 Å². The van der Waals surface area contributed by atoms with Gasteiger partial charge in [-0.05, 0) is 57.6 Å². The Morgan fingerprint density at radius 1 is 0.893 bits per heavy atom. The van der Waals surface area contributed by atoms with E-state index in [1.165, 1.54) is 43.4 Å². The molecule has 2 aromatic rings. The minimum atomic E-state index is 0.612. The smallest absolute Gasteiger partial charge is 0.252 e. The van der Waals surface area contributed by atoms with E-state index in [2.05, 4.69) is 34.0 Å². The van der Waals surface area contributed by atoms with E-state index in [0.717, 1.165) is 43.0 Å². The molecule has 4 rings (SSSR count). The van der Waals surface area contributed by atoms with Crippen molar-refractivity contribution in [2.45, 2.75) is 45.4 Å². The normalized spacial score (nSPS) is 18.1. The molecule has 0 aromatic carbocycles. The lowest BCUT2D eigenvalue weighted by atomic mass is 10.1. The molecular weight excluding hydrogens is 370 g/mol. The maximum Gasteiger partial charge on any atom is 0.252 e. The summed E-state index contributed by atoms with van der Waals surface area (Å²) in [5.74, 6) is 2.19. The van der Waals surface area contributed by atoms with Gasteiger partial charge in [0.15, 0.2) is 0 Å². The van der Waals surface area contributed by atoms with Gasteiger partial charge in [-0.25, -0.2) is 5.01 Å². The zero-order chi connectivity index (χ0) is 19.3. The summed E-state index contributed by atoms with van der Waals surface area (Å²) in [6, 6.07) is 4.20. The van der Waals surface area contributed by atoms with E-state index in [1.807, 2.05) is 13.3 Å². The lowest BCUT2D eigenvalue weighted by molar-refractivity contribution is 0.555. The van der Waals surface area contributed by atoms with E-state index in [-0.39, 0.29) is 0 Å². The molecule has 0 saturated carbocycles. The molecular formula is C20H29N7S. The first-order valence-electron chi connectivity index (χ1n) is 10.3. The fourth-order valence-corrected chi connectivity index (χ4v) is 4.42. The van der Waals surface area contributed by atoms with Crippen LogP contribution in [-0.4, -0.2) is 54.4 Å². The van der Waals surface area contributed by atoms with Gasteiger partial charge in [-0.15, -0.1) is 11.3 Å². The Morgan fingerprint density at radius 3 is 1.96 bits per heavy atom. The second kappa shape index (κ2) is 8.86. The second-order valence-corrected chi connectivity index (χ2v) is 8.87. The summed E-state index contributed by atoms with van der Waals surface area (Å²) in [5.41, 5.74) is 0. The molecule has 0 spiro atoms. The van der Waals surface area contributed by atoms with Gasteiger partial charge < -0.3 is 9.80 Å². The van der Waals surface area contributed by atoms with Gasteiger partial charge in [-0.3, -0.25) is 0 Å². The molecule has 0 radical (unpaired) electrons. The van der Waals surface area contributed by atoms with Crippen LogP contribution in [0.25, 0.3) is 0 Å². The Bertz CT molecular complexity index is 770. The Balaban J connectivity index is 1.61. The lowest BCUT2D eigenvalue weighted by Gasteiger charge is -2.30. The number of hydrogen-bond acceptors (Lipinski definition) is 8. The van der Waals surface area contributed by atoms with Crippen LogP contribution in [0.2, 0.25) is 0 Å². The fraction of sp³-hybridized carbons (Fsp3) is 0.600. The predicted octanol–water partition coefficient (Wildman–Crippen LogP) is 3.69. The van der Waals surface area contributed by atoms with Crippen molar-refractivity contribution in [3.05, 3.63) is 21.9 Å². The van der Waals surface area contributed by atoms with E-state index < -0.39 is 0 Å². The van der Waals surface area contributed by atoms with Gasteiger partial charge in [0.1, 0.15) is 0 Å². The Hall–Kier alpha value is -2.22. The van der Waals surface area contributed by atoms with Crippen LogP contribution in [0, 0.1) is 6.92 Å². The molecule has 2 aromatic heterocycles. The highest BCUT2D eigenvalue weighted by Gasteiger charge is 2.21. The van der Waals surface area contributed by atoms with Crippen molar-refractivity contribution in [3.8, 4) is 0 Å². The first kappa shape index (κ1) is 19.1. The number of anilines is 3. The minimum Gasteiger partial charge on any atom is -0.341 e. The Labute approximate surface area is 171 Å². The second-order valence-electron chi connectivity index (χ2n) is 7.55. The third-order valence-electron chi connectivity index (χ3n) is 5.29. The molecule has 0 atom stereocenters. The van der Waals surface area contributed by atoms with Crippen LogP contribution in [0.15, 0.2) is 17.2 Å². The third kappa shape index (κ3) is 4.60. The summed E-state index contributed by atoms with van der Waals surface area (Å²) in [6.07, 6.45) is 9.26. The van der Waals surface area contributed by atoms with Crippen molar-refractivity contribution >= 4 is 35.4 Å². The fourth-order valence-electron chi connectivity index (χ4n) is 3.68. The SMILES string of the molecule is Cc1ccc(C=NN(C)c2nc(N3CCCCC3)nc(N3CCCCC3)n2)s1. The highest BCUT2D eigenvalue weighted by Crippen LogP contribution is 2.23. The van der Waals surface area contributed by atoms with Crippen molar-refractivity contribution in [2.75, 3.05) is 48.0 Å². The standard InChI is InChI=1S/C20H29N7S/c1-16-9-10-17(28-16)15-21-25(2)18-22-19(26-11-5-3-6-12-26)24-20(23-18)27-13-7-4-8-14-27/h9-10,15H,3-8,11-14H2,1-2H3. The van der Waals surface area contributed by atoms with Gasteiger partial charge >= 0.3 is 0 Å². The van der Waals surface area contributed by atoms with Crippen LogP contribution < -0.4 is 14.8 Å². The number of nitrogens with zero attached hydrogens (tertiary/aromatic N) is 7. The van der Waals surface area contributed by atoms with E-state index in [1.54, 1.807) is 16.3 Å². The highest BCUT2D eigenvalue weighted by molar-refractivity contribution is 7.13. The number of hydrazone groups is 1. The quantitative estimate of drug-likeness (QED) is 0.564. The summed E-state index contributed by atoms with van der Waals surface area (Å²) < 4.78 is 0. The largest absolute Gasteiger partial charge is 0.341 e. The average Bonchev–Trinajstić information content (AvgIpc) is 3.18. The first-order chi connectivity index (χ1) is 13.7. The van der Waals surface area contributed by atoms with E-state index in [0.29, 0.717) is 5.95 Å². The predicted molar refractivity (Wildman–Crippen MR) is 117 cm³/mol. The van der Waals surface area contributed by atoms with Crippen molar-refractivity contribution in [3.63, 3.8) is 0 Å². The zero-order valence-electron chi connectivity index (χ0n) is 16.8. The average molecular weight is 400 g/mol. The van der Waals surface area contributed by atoms with Gasteiger partial charge in [0.25, 0.3) is 5.95 Å². The van der Waals surface area contributed by atoms with Crippen LogP contribution in [-0.2, 0) is 0 Å². The monoisotopic (exact) mass is 399 g/mol. The number of aromatic nitrogens is 3. The molecule has 8 heteroatoms. The number of piperidine rings is 2. The molecule has 150 valence electrons. The van der Waals surface area contributed by atoms with E-state index >= 15 is 0 Å². The lowest BCUT2D eigenvalue weighted by Crippen LogP contribution is -2.35. The van der Waals surface area contributed by atoms with Crippen molar-refractivity contribution in [1.82, 2.24) is 15.0 Å². The maximum atomic E-state index is 4.84. The molecule has 7 nitrogen and oxygen atoms in total. The Morgan fingerprint density at radius 2 is 1.46 bits per heavy atom. The highest BCUT2D eigenvalue weighted by atomic mass is 32.1. The van der Waals surface area contributed by atoms with Crippen LogP contribution in [0.4, 0.5) is 17.8 Å². The zero-order valence-corrected chi connectivity index (χ0v) is 17.7. The van der Waals surface area contributed by atoms with Crippen LogP contribution in [0.3, 0.4) is 0 Å². The number of rotatable bonds is 5. The molecule has 0 aliphatic carbocycles. The molecule has 0 bridgehead atoms. The van der Waals surface area contributed by atoms with Gasteiger partial charge in [0.05, 0.1) is 6.21 Å². The summed E-state index contributed by atoms with van der Waals surface area (Å²) in [5, 5.41) is 6.34. The molecule has 2 aliphatic rings. The van der Waals surface area contributed by atoms with Crippen LogP contribution in [0.5, 0.6) is 0 Å². The first-order valence-corrected chi connectivity index (χ1v) is 11.1. The van der Waals surface area contributed by atoms with Crippen LogP contribution >= 0.6 is 11.3 Å². The van der Waals surface area contributed by atoms with Gasteiger partial charge in [-0.2, -0.15) is 20.1 Å². The summed E-state index contributed by atoms with van der Waals surface area (Å²) in [6.45, 7) is 6.18. The summed E-state index contributed by atoms with van der Waals surface area (Å²) in [7, 11) is 1.91. The number of aryl methyl sites for hydroxylation is 1. The molecule has 4 heterocycles. The number of thiophene rings is 1. The summed E-state index contributed by atoms with van der Waals surface area (Å²) in [4.78, 5) is 21.4. The molecule has 0 amide bonds. The van der Waals surface area contributed by atoms with E-state index in [9.17, 15) is 0 Å². The van der Waals surface area contributed by atoms with E-state index in [4.69, 9.17) is 15.0 Å². The Kier molecular flexibility index (Phi) is 6.04. The molecule has 2 aliphatic heterocycles. The van der Waals surface area contributed by atoms with Crippen molar-refractivity contribution in [1.29, 1.82) is 0 Å².